The van der Waals surface area contributed by atoms with Crippen molar-refractivity contribution in [2.75, 3.05) is 19.6 Å². The molecule has 1 aliphatic heterocycles. The van der Waals surface area contributed by atoms with Crippen LogP contribution in [0.15, 0.2) is 0 Å². The lowest BCUT2D eigenvalue weighted by atomic mass is 9.82. The summed E-state index contributed by atoms with van der Waals surface area (Å²) in [5, 5.41) is 11.5. The summed E-state index contributed by atoms with van der Waals surface area (Å²) in [7, 11) is 0. The van der Waals surface area contributed by atoms with Gasteiger partial charge in [0, 0.05) is 13.5 Å². The van der Waals surface area contributed by atoms with E-state index in [2.05, 4.69) is 24.1 Å². The number of hydrogen-bond acceptors (Lipinski definition) is 3. The van der Waals surface area contributed by atoms with Crippen molar-refractivity contribution in [1.29, 1.82) is 0 Å². The number of amides is 1. The van der Waals surface area contributed by atoms with Gasteiger partial charge in [0.1, 0.15) is 6.04 Å². The number of carbonyl (C=O) groups excluding carboxylic acids is 1. The lowest BCUT2D eigenvalue weighted by Crippen LogP contribution is -2.50. The molecule has 2 N–H and O–H groups in total. The third-order valence-corrected chi connectivity index (χ3v) is 3.33. The van der Waals surface area contributed by atoms with Crippen LogP contribution in [-0.4, -0.2) is 47.6 Å². The zero-order chi connectivity index (χ0) is 13.1. The average molecular weight is 242 g/mol. The maximum atomic E-state index is 11.0. The Hall–Kier alpha value is -1.10. The fourth-order valence-corrected chi connectivity index (χ4v) is 2.03. The number of nitrogens with one attached hydrogen (secondary N) is 1. The number of carboxylic acid groups (broad SMARTS) is 1. The number of likely N-dealkylation sites (tertiary alicyclic amines) is 1. The van der Waals surface area contributed by atoms with Crippen LogP contribution in [0.25, 0.3) is 0 Å². The van der Waals surface area contributed by atoms with Crippen LogP contribution >= 0.6 is 0 Å². The summed E-state index contributed by atoms with van der Waals surface area (Å²) in [6.07, 6.45) is 2.14. The van der Waals surface area contributed by atoms with Gasteiger partial charge in [0.15, 0.2) is 0 Å². The summed E-state index contributed by atoms with van der Waals surface area (Å²) in [5.74, 6) is -1.26. The molecule has 0 radical (unpaired) electrons. The smallest absolute Gasteiger partial charge is 0.327 e. The second-order valence-corrected chi connectivity index (χ2v) is 5.56. The van der Waals surface area contributed by atoms with Gasteiger partial charge in [0.25, 0.3) is 0 Å². The molecule has 17 heavy (non-hydrogen) atoms. The zero-order valence-corrected chi connectivity index (χ0v) is 10.8. The average Bonchev–Trinajstić information content (AvgIpc) is 2.19. The third kappa shape index (κ3) is 4.73. The van der Waals surface area contributed by atoms with Gasteiger partial charge in [-0.15, -0.1) is 0 Å². The molecule has 0 saturated carbocycles. The van der Waals surface area contributed by atoms with E-state index in [1.54, 1.807) is 0 Å². The molecular weight excluding hydrogens is 220 g/mol. The third-order valence-electron chi connectivity index (χ3n) is 3.33. The second kappa shape index (κ2) is 5.49. The van der Waals surface area contributed by atoms with Crippen LogP contribution in [0.1, 0.15) is 33.6 Å². The molecule has 1 atom stereocenters. The molecule has 1 aliphatic rings. The normalized spacial score (nSPS) is 21.8. The van der Waals surface area contributed by atoms with E-state index in [-0.39, 0.29) is 5.91 Å². The molecule has 1 saturated heterocycles. The minimum atomic E-state index is -0.968. The minimum absolute atomic E-state index is 0.297. The van der Waals surface area contributed by atoms with Crippen molar-refractivity contribution in [2.24, 2.45) is 5.41 Å². The predicted octanol–water partition coefficient (Wildman–Crippen LogP) is 0.698. The van der Waals surface area contributed by atoms with Crippen molar-refractivity contribution in [3.8, 4) is 0 Å². The van der Waals surface area contributed by atoms with Gasteiger partial charge in [-0.3, -0.25) is 4.79 Å². The van der Waals surface area contributed by atoms with Crippen LogP contribution in [0.3, 0.4) is 0 Å². The van der Waals surface area contributed by atoms with Crippen molar-refractivity contribution in [3.63, 3.8) is 0 Å². The number of piperidine rings is 1. The van der Waals surface area contributed by atoms with E-state index in [0.29, 0.717) is 12.0 Å². The van der Waals surface area contributed by atoms with Gasteiger partial charge in [-0.05, 0) is 31.3 Å². The molecule has 1 rings (SSSR count). The molecule has 1 amide bonds. The molecule has 0 spiro atoms. The Morgan fingerprint density at radius 2 is 1.88 bits per heavy atom. The highest BCUT2D eigenvalue weighted by Gasteiger charge is 2.28. The molecule has 98 valence electrons. The Bertz CT molecular complexity index is 292. The van der Waals surface area contributed by atoms with Gasteiger partial charge in [0.2, 0.25) is 5.91 Å². The quantitative estimate of drug-likeness (QED) is 0.761. The second-order valence-electron chi connectivity index (χ2n) is 5.56. The van der Waals surface area contributed by atoms with Crippen LogP contribution in [0.2, 0.25) is 0 Å². The van der Waals surface area contributed by atoms with Gasteiger partial charge in [-0.1, -0.05) is 13.8 Å². The molecule has 1 fully saturated rings. The van der Waals surface area contributed by atoms with Crippen molar-refractivity contribution >= 4 is 11.9 Å². The fourth-order valence-electron chi connectivity index (χ4n) is 2.03. The Labute approximate surface area is 102 Å². The van der Waals surface area contributed by atoms with Gasteiger partial charge in [-0.2, -0.15) is 0 Å². The van der Waals surface area contributed by atoms with E-state index in [4.69, 9.17) is 5.11 Å². The fraction of sp³-hybridized carbons (Fsp3) is 0.833. The number of nitrogens with zero attached hydrogens (tertiary/aromatic N) is 1. The first-order valence-electron chi connectivity index (χ1n) is 6.02. The molecule has 0 aromatic carbocycles. The SMILES string of the molecule is CC(=O)NC(CN1CCC(C)(C)CC1)C(=O)O. The van der Waals surface area contributed by atoms with Gasteiger partial charge < -0.3 is 15.3 Å². The molecule has 1 unspecified atom stereocenters. The summed E-state index contributed by atoms with van der Waals surface area (Å²) in [4.78, 5) is 24.0. The number of rotatable bonds is 4. The largest absolute Gasteiger partial charge is 0.480 e. The molecule has 0 aromatic heterocycles. The van der Waals surface area contributed by atoms with Gasteiger partial charge >= 0.3 is 5.97 Å². The van der Waals surface area contributed by atoms with Crippen LogP contribution in [-0.2, 0) is 9.59 Å². The van der Waals surface area contributed by atoms with E-state index >= 15 is 0 Å². The summed E-state index contributed by atoms with van der Waals surface area (Å²) in [6.45, 7) is 7.99. The Morgan fingerprint density at radius 1 is 1.35 bits per heavy atom. The maximum absolute atomic E-state index is 11.0. The van der Waals surface area contributed by atoms with Crippen LogP contribution in [0.4, 0.5) is 0 Å². The van der Waals surface area contributed by atoms with Crippen LogP contribution in [0, 0.1) is 5.41 Å². The number of aliphatic carboxylic acids is 1. The van der Waals surface area contributed by atoms with E-state index in [9.17, 15) is 9.59 Å². The minimum Gasteiger partial charge on any atom is -0.480 e. The first-order valence-corrected chi connectivity index (χ1v) is 6.02. The van der Waals surface area contributed by atoms with Crippen molar-refractivity contribution < 1.29 is 14.7 Å². The molecule has 5 nitrogen and oxygen atoms in total. The lowest BCUT2D eigenvalue weighted by Gasteiger charge is -2.37. The summed E-state index contributed by atoms with van der Waals surface area (Å²) in [5.41, 5.74) is 0.350. The molecule has 0 bridgehead atoms. The molecule has 5 heteroatoms. The highest BCUT2D eigenvalue weighted by molar-refractivity contribution is 5.82. The monoisotopic (exact) mass is 242 g/mol. The van der Waals surface area contributed by atoms with E-state index in [1.165, 1.54) is 6.92 Å². The highest BCUT2D eigenvalue weighted by atomic mass is 16.4. The first-order chi connectivity index (χ1) is 7.80. The topological polar surface area (TPSA) is 69.6 Å². The predicted molar refractivity (Wildman–Crippen MR) is 64.7 cm³/mol. The number of hydrogen-bond donors (Lipinski definition) is 2. The highest BCUT2D eigenvalue weighted by Crippen LogP contribution is 2.29. The van der Waals surface area contributed by atoms with Crippen molar-refractivity contribution in [1.82, 2.24) is 10.2 Å². The van der Waals surface area contributed by atoms with E-state index in [0.717, 1.165) is 25.9 Å². The van der Waals surface area contributed by atoms with E-state index < -0.39 is 12.0 Å². The van der Waals surface area contributed by atoms with Crippen molar-refractivity contribution in [3.05, 3.63) is 0 Å². The Kier molecular flexibility index (Phi) is 4.51. The lowest BCUT2D eigenvalue weighted by molar-refractivity contribution is -0.142. The molecular formula is C12H22N2O3. The zero-order valence-electron chi connectivity index (χ0n) is 10.8. The van der Waals surface area contributed by atoms with Crippen LogP contribution in [0.5, 0.6) is 0 Å². The van der Waals surface area contributed by atoms with Crippen molar-refractivity contribution in [2.45, 2.75) is 39.7 Å². The summed E-state index contributed by atoms with van der Waals surface area (Å²) in [6, 6.07) is -0.797. The standard InChI is InChI=1S/C12H22N2O3/c1-9(15)13-10(11(16)17)8-14-6-4-12(2,3)5-7-14/h10H,4-8H2,1-3H3,(H,13,15)(H,16,17). The summed E-state index contributed by atoms with van der Waals surface area (Å²) < 4.78 is 0. The Morgan fingerprint density at radius 3 is 2.29 bits per heavy atom. The molecule has 0 aromatic rings. The van der Waals surface area contributed by atoms with Crippen LogP contribution < -0.4 is 5.32 Å². The first kappa shape index (κ1) is 14.0. The molecule has 1 heterocycles. The number of carboxylic acids is 1. The van der Waals surface area contributed by atoms with E-state index in [1.807, 2.05) is 0 Å². The molecule has 0 aliphatic carbocycles. The maximum Gasteiger partial charge on any atom is 0.327 e. The summed E-state index contributed by atoms with van der Waals surface area (Å²) >= 11 is 0. The number of carbonyl (C=O) groups is 2. The van der Waals surface area contributed by atoms with Gasteiger partial charge in [0.05, 0.1) is 0 Å². The Balaban J connectivity index is 2.46. The van der Waals surface area contributed by atoms with Gasteiger partial charge in [-0.25, -0.2) is 4.79 Å².